The average molecular weight is 379 g/mol. The van der Waals surface area contributed by atoms with Crippen LogP contribution in [0.15, 0.2) is 35.5 Å². The largest absolute Gasteiger partial charge is 0.460 e. The molecule has 1 aromatic carbocycles. The molecule has 0 amide bonds. The number of non-ortho nitro benzene ring substituents is 1. The number of rotatable bonds is 7. The first-order valence-electron chi connectivity index (χ1n) is 8.09. The van der Waals surface area contributed by atoms with E-state index in [-0.39, 0.29) is 12.3 Å². The molecule has 1 aromatic rings. The van der Waals surface area contributed by atoms with Crippen molar-refractivity contribution in [2.75, 3.05) is 26.9 Å². The molecule has 0 bridgehead atoms. The zero-order valence-electron chi connectivity index (χ0n) is 14.9. The number of carbonyl (C=O) groups is 1. The van der Waals surface area contributed by atoms with Gasteiger partial charge in [-0.2, -0.15) is 0 Å². The van der Waals surface area contributed by atoms with Crippen LogP contribution >= 0.6 is 12.2 Å². The highest BCUT2D eigenvalue weighted by atomic mass is 32.1. The van der Waals surface area contributed by atoms with Gasteiger partial charge in [-0.1, -0.05) is 0 Å². The predicted octanol–water partition coefficient (Wildman–Crippen LogP) is 2.31. The number of ether oxygens (including phenoxy) is 2. The van der Waals surface area contributed by atoms with E-state index in [4.69, 9.17) is 21.7 Å². The van der Waals surface area contributed by atoms with Crippen molar-refractivity contribution in [3.05, 3.63) is 51.2 Å². The molecule has 9 heteroatoms. The number of hydrogen-bond acceptors (Lipinski definition) is 6. The highest BCUT2D eigenvalue weighted by Gasteiger charge is 2.34. The van der Waals surface area contributed by atoms with Crippen molar-refractivity contribution in [2.24, 2.45) is 0 Å². The summed E-state index contributed by atoms with van der Waals surface area (Å²) in [5.74, 6) is -0.476. The minimum absolute atomic E-state index is 0.0211. The highest BCUT2D eigenvalue weighted by Crippen LogP contribution is 2.32. The fourth-order valence-corrected chi connectivity index (χ4v) is 3.14. The monoisotopic (exact) mass is 379 g/mol. The Kier molecular flexibility index (Phi) is 6.64. The van der Waals surface area contributed by atoms with Crippen LogP contribution < -0.4 is 5.32 Å². The van der Waals surface area contributed by atoms with E-state index in [1.807, 2.05) is 18.7 Å². The second-order valence-electron chi connectivity index (χ2n) is 5.60. The third-order valence-electron chi connectivity index (χ3n) is 4.09. The van der Waals surface area contributed by atoms with E-state index >= 15 is 0 Å². The van der Waals surface area contributed by atoms with Crippen molar-refractivity contribution in [1.29, 1.82) is 0 Å². The second kappa shape index (κ2) is 8.72. The molecule has 2 rings (SSSR count). The van der Waals surface area contributed by atoms with Gasteiger partial charge in [0.25, 0.3) is 5.69 Å². The van der Waals surface area contributed by atoms with E-state index in [0.29, 0.717) is 35.1 Å². The number of esters is 1. The Hall–Kier alpha value is -2.52. The smallest absolute Gasteiger partial charge is 0.338 e. The van der Waals surface area contributed by atoms with E-state index in [9.17, 15) is 14.9 Å². The summed E-state index contributed by atoms with van der Waals surface area (Å²) >= 11 is 5.39. The average Bonchev–Trinajstić information content (AvgIpc) is 2.61. The number of nitrogens with zero attached hydrogens (tertiary/aromatic N) is 2. The maximum atomic E-state index is 12.7. The molecule has 8 nitrogen and oxygen atoms in total. The molecule has 1 N–H and O–H groups in total. The number of nitrogens with one attached hydrogen (secondary N) is 1. The summed E-state index contributed by atoms with van der Waals surface area (Å²) in [6.45, 7) is 4.76. The molecule has 0 aliphatic carbocycles. The molecule has 0 aromatic heterocycles. The van der Waals surface area contributed by atoms with E-state index < -0.39 is 16.9 Å². The predicted molar refractivity (Wildman–Crippen MR) is 99.5 cm³/mol. The molecule has 1 atom stereocenters. The summed E-state index contributed by atoms with van der Waals surface area (Å²) in [4.78, 5) is 24.9. The zero-order chi connectivity index (χ0) is 19.3. The Morgan fingerprint density at radius 2 is 2.00 bits per heavy atom. The van der Waals surface area contributed by atoms with Gasteiger partial charge in [0.05, 0.1) is 23.1 Å². The maximum Gasteiger partial charge on any atom is 0.338 e. The molecule has 0 radical (unpaired) electrons. The van der Waals surface area contributed by atoms with Gasteiger partial charge in [-0.05, 0) is 43.8 Å². The first-order chi connectivity index (χ1) is 12.4. The van der Waals surface area contributed by atoms with Crippen molar-refractivity contribution in [3.8, 4) is 0 Å². The minimum Gasteiger partial charge on any atom is -0.460 e. The number of methoxy groups -OCH3 is 1. The number of carbonyl (C=O) groups excluding carboxylic acids is 1. The Morgan fingerprint density at radius 3 is 2.54 bits per heavy atom. The van der Waals surface area contributed by atoms with Crippen molar-refractivity contribution < 1.29 is 19.2 Å². The van der Waals surface area contributed by atoms with E-state index in [1.54, 1.807) is 12.1 Å². The summed E-state index contributed by atoms with van der Waals surface area (Å²) in [6, 6.07) is 5.47. The number of thiocarbonyl (C=S) groups is 1. The topological polar surface area (TPSA) is 93.9 Å². The van der Waals surface area contributed by atoms with E-state index in [0.717, 1.165) is 0 Å². The quantitative estimate of drug-likeness (QED) is 0.254. The molecule has 26 heavy (non-hydrogen) atoms. The van der Waals surface area contributed by atoms with Crippen LogP contribution in [0, 0.1) is 10.1 Å². The molecule has 0 saturated carbocycles. The Labute approximate surface area is 156 Å². The molecule has 140 valence electrons. The van der Waals surface area contributed by atoms with Crippen molar-refractivity contribution >= 4 is 29.0 Å². The van der Waals surface area contributed by atoms with E-state index in [2.05, 4.69) is 5.32 Å². The van der Waals surface area contributed by atoms with Gasteiger partial charge in [0.1, 0.15) is 6.61 Å². The molecule has 1 aliphatic heterocycles. The van der Waals surface area contributed by atoms with E-state index in [1.165, 1.54) is 19.2 Å². The van der Waals surface area contributed by atoms with Gasteiger partial charge in [0.15, 0.2) is 5.11 Å². The first-order valence-corrected chi connectivity index (χ1v) is 8.50. The lowest BCUT2D eigenvalue weighted by atomic mass is 9.95. The Balaban J connectivity index is 2.40. The number of hydrogen-bond donors (Lipinski definition) is 1. The van der Waals surface area contributed by atoms with Gasteiger partial charge in [0, 0.05) is 31.5 Å². The van der Waals surface area contributed by atoms with Gasteiger partial charge in [-0.15, -0.1) is 0 Å². The minimum atomic E-state index is -0.541. The van der Waals surface area contributed by atoms with Crippen molar-refractivity contribution in [1.82, 2.24) is 10.2 Å². The normalized spacial score (nSPS) is 17.1. The van der Waals surface area contributed by atoms with Crippen LogP contribution in [0.25, 0.3) is 0 Å². The third kappa shape index (κ3) is 4.17. The molecule has 0 saturated heterocycles. The molecule has 1 aliphatic rings. The van der Waals surface area contributed by atoms with Crippen LogP contribution in [0.3, 0.4) is 0 Å². The number of nitro benzene ring substituents is 1. The molecular weight excluding hydrogens is 358 g/mol. The summed E-state index contributed by atoms with van der Waals surface area (Å²) in [5.41, 5.74) is 1.78. The van der Waals surface area contributed by atoms with Crippen LogP contribution in [0.1, 0.15) is 25.5 Å². The van der Waals surface area contributed by atoms with Gasteiger partial charge in [-0.25, -0.2) is 4.79 Å². The Morgan fingerprint density at radius 1 is 1.35 bits per heavy atom. The van der Waals surface area contributed by atoms with Crippen LogP contribution in [-0.2, 0) is 14.3 Å². The molecular formula is C17H21N3O5S. The van der Waals surface area contributed by atoms with Gasteiger partial charge in [0.2, 0.25) is 0 Å². The van der Waals surface area contributed by atoms with Crippen molar-refractivity contribution in [2.45, 2.75) is 19.9 Å². The standard InChI is InChI=1S/C17H21N3O5S/c1-4-19-11(2)14(16(21)25-10-9-24-3)15(18-17(19)26)12-5-7-13(8-6-12)20(22)23/h5-8,15H,4,9-10H2,1-3H3,(H,18,26)/t15-/m0/s1. The van der Waals surface area contributed by atoms with Crippen LogP contribution in [0.4, 0.5) is 5.69 Å². The van der Waals surface area contributed by atoms with Crippen molar-refractivity contribution in [3.63, 3.8) is 0 Å². The maximum absolute atomic E-state index is 12.7. The van der Waals surface area contributed by atoms with Gasteiger partial charge < -0.3 is 19.7 Å². The summed E-state index contributed by atoms with van der Waals surface area (Å²) in [5, 5.41) is 14.5. The molecule has 1 heterocycles. The second-order valence-corrected chi connectivity index (χ2v) is 5.99. The summed E-state index contributed by atoms with van der Waals surface area (Å²) in [6.07, 6.45) is 0. The molecule has 0 unspecified atom stereocenters. The molecule has 0 spiro atoms. The Bertz CT molecular complexity index is 732. The number of allylic oxidation sites excluding steroid dienone is 1. The molecule has 0 fully saturated rings. The fourth-order valence-electron chi connectivity index (χ4n) is 2.76. The first kappa shape index (κ1) is 19.8. The number of benzene rings is 1. The summed E-state index contributed by atoms with van der Waals surface area (Å²) in [7, 11) is 1.53. The lowest BCUT2D eigenvalue weighted by Gasteiger charge is -2.37. The van der Waals surface area contributed by atoms with Crippen LogP contribution in [0.5, 0.6) is 0 Å². The van der Waals surface area contributed by atoms with Crippen LogP contribution in [0.2, 0.25) is 0 Å². The SMILES string of the molecule is CCN1C(=S)N[C@@H](c2ccc([N+](=O)[O-])cc2)C(C(=O)OCCOC)=C1C. The third-order valence-corrected chi connectivity index (χ3v) is 4.43. The number of nitro groups is 1. The highest BCUT2D eigenvalue weighted by molar-refractivity contribution is 7.80. The lowest BCUT2D eigenvalue weighted by molar-refractivity contribution is -0.384. The van der Waals surface area contributed by atoms with Gasteiger partial charge in [-0.3, -0.25) is 10.1 Å². The fraction of sp³-hybridized carbons (Fsp3) is 0.412. The van der Waals surface area contributed by atoms with Crippen LogP contribution in [-0.4, -0.2) is 47.8 Å². The summed E-state index contributed by atoms with van der Waals surface area (Å²) < 4.78 is 10.2. The lowest BCUT2D eigenvalue weighted by Crippen LogP contribution is -2.47. The zero-order valence-corrected chi connectivity index (χ0v) is 15.7. The van der Waals surface area contributed by atoms with Gasteiger partial charge >= 0.3 is 5.97 Å².